The number of hydrogen-bond donors (Lipinski definition) is 1. The maximum absolute atomic E-state index is 10.4. The molecule has 0 saturated heterocycles. The van der Waals surface area contributed by atoms with Gasteiger partial charge < -0.3 is 9.84 Å². The molecular weight excluding hydrogens is 182 g/mol. The molecule has 1 aromatic heterocycles. The van der Waals surface area contributed by atoms with E-state index in [0.29, 0.717) is 17.4 Å². The van der Waals surface area contributed by atoms with Crippen LogP contribution in [0.1, 0.15) is 18.4 Å². The lowest BCUT2D eigenvalue weighted by molar-refractivity contribution is -0.136. The smallest absolute Gasteiger partial charge is 0.307 e. The summed E-state index contributed by atoms with van der Waals surface area (Å²) >= 11 is 0. The predicted octanol–water partition coefficient (Wildman–Crippen LogP) is 1.25. The second-order valence-electron chi connectivity index (χ2n) is 3.42. The third kappa shape index (κ3) is 2.45. The van der Waals surface area contributed by atoms with Crippen molar-refractivity contribution in [3.05, 3.63) is 24.0 Å². The fourth-order valence-electron chi connectivity index (χ4n) is 1.18. The molecule has 4 nitrogen and oxygen atoms in total. The van der Waals surface area contributed by atoms with E-state index in [1.165, 1.54) is 0 Å². The summed E-state index contributed by atoms with van der Waals surface area (Å²) in [5.74, 6) is -0.179. The van der Waals surface area contributed by atoms with Gasteiger partial charge in [0.1, 0.15) is 5.75 Å². The van der Waals surface area contributed by atoms with Gasteiger partial charge in [-0.2, -0.15) is 0 Å². The van der Waals surface area contributed by atoms with Crippen LogP contribution in [0.3, 0.4) is 0 Å². The van der Waals surface area contributed by atoms with Gasteiger partial charge in [0.15, 0.2) is 0 Å². The minimum Gasteiger partial charge on any atom is -0.489 e. The Morgan fingerprint density at radius 1 is 1.57 bits per heavy atom. The SMILES string of the molecule is O=C(O)Cc1cncc(OC2CC2)c1. The van der Waals surface area contributed by atoms with Crippen molar-refractivity contribution in [2.75, 3.05) is 0 Å². The van der Waals surface area contributed by atoms with Crippen molar-refractivity contribution >= 4 is 5.97 Å². The molecule has 74 valence electrons. The van der Waals surface area contributed by atoms with Crippen LogP contribution < -0.4 is 4.74 Å². The van der Waals surface area contributed by atoms with Crippen LogP contribution in [0.5, 0.6) is 5.75 Å². The number of carbonyl (C=O) groups is 1. The maximum atomic E-state index is 10.4. The molecule has 0 unspecified atom stereocenters. The number of carboxylic acid groups (broad SMARTS) is 1. The summed E-state index contributed by atoms with van der Waals surface area (Å²) in [6.07, 6.45) is 5.65. The van der Waals surface area contributed by atoms with Crippen molar-refractivity contribution < 1.29 is 14.6 Å². The third-order valence-corrected chi connectivity index (χ3v) is 1.95. The number of aromatic nitrogens is 1. The van der Waals surface area contributed by atoms with Crippen LogP contribution in [-0.4, -0.2) is 22.2 Å². The normalized spacial score (nSPS) is 15.1. The van der Waals surface area contributed by atoms with Crippen LogP contribution in [0.25, 0.3) is 0 Å². The topological polar surface area (TPSA) is 59.4 Å². The Hall–Kier alpha value is -1.58. The van der Waals surface area contributed by atoms with Crippen molar-refractivity contribution in [1.82, 2.24) is 4.98 Å². The zero-order chi connectivity index (χ0) is 9.97. The first-order valence-corrected chi connectivity index (χ1v) is 4.56. The number of hydrogen-bond acceptors (Lipinski definition) is 3. The molecule has 1 heterocycles. The van der Waals surface area contributed by atoms with Crippen LogP contribution in [0.15, 0.2) is 18.5 Å². The van der Waals surface area contributed by atoms with Gasteiger partial charge in [-0.25, -0.2) is 0 Å². The standard InChI is InChI=1S/C10H11NO3/c12-10(13)4-7-3-9(6-11-5-7)14-8-1-2-8/h3,5-6,8H,1-2,4H2,(H,12,13). The molecule has 0 radical (unpaired) electrons. The average molecular weight is 193 g/mol. The van der Waals surface area contributed by atoms with Crippen LogP contribution in [0.4, 0.5) is 0 Å². The van der Waals surface area contributed by atoms with Crippen LogP contribution in [0, 0.1) is 0 Å². The summed E-state index contributed by atoms with van der Waals surface area (Å²) in [4.78, 5) is 14.4. The monoisotopic (exact) mass is 193 g/mol. The number of pyridine rings is 1. The van der Waals surface area contributed by atoms with Gasteiger partial charge in [-0.15, -0.1) is 0 Å². The lowest BCUT2D eigenvalue weighted by Gasteiger charge is -2.04. The quantitative estimate of drug-likeness (QED) is 0.781. The highest BCUT2D eigenvalue weighted by Gasteiger charge is 2.23. The van der Waals surface area contributed by atoms with Crippen LogP contribution in [-0.2, 0) is 11.2 Å². The van der Waals surface area contributed by atoms with E-state index >= 15 is 0 Å². The number of carboxylic acids is 1. The highest BCUT2D eigenvalue weighted by molar-refractivity contribution is 5.70. The Kier molecular flexibility index (Phi) is 2.35. The van der Waals surface area contributed by atoms with E-state index in [1.54, 1.807) is 18.5 Å². The Labute approximate surface area is 81.5 Å². The molecule has 0 atom stereocenters. The summed E-state index contributed by atoms with van der Waals surface area (Å²) in [5, 5.41) is 8.58. The Morgan fingerprint density at radius 3 is 3.00 bits per heavy atom. The summed E-state index contributed by atoms with van der Waals surface area (Å²) in [6, 6.07) is 1.74. The molecule has 0 bridgehead atoms. The van der Waals surface area contributed by atoms with Crippen molar-refractivity contribution in [2.24, 2.45) is 0 Å². The molecule has 4 heteroatoms. The molecule has 1 N–H and O–H groups in total. The molecular formula is C10H11NO3. The summed E-state index contributed by atoms with van der Waals surface area (Å²) in [5.41, 5.74) is 0.677. The zero-order valence-corrected chi connectivity index (χ0v) is 7.64. The Morgan fingerprint density at radius 2 is 2.36 bits per heavy atom. The fraction of sp³-hybridized carbons (Fsp3) is 0.400. The fourth-order valence-corrected chi connectivity index (χ4v) is 1.18. The first-order valence-electron chi connectivity index (χ1n) is 4.56. The summed E-state index contributed by atoms with van der Waals surface area (Å²) in [6.45, 7) is 0. The van der Waals surface area contributed by atoms with Crippen molar-refractivity contribution in [3.63, 3.8) is 0 Å². The molecule has 1 saturated carbocycles. The number of nitrogens with zero attached hydrogens (tertiary/aromatic N) is 1. The number of ether oxygens (including phenoxy) is 1. The molecule has 2 rings (SSSR count). The number of rotatable bonds is 4. The highest BCUT2D eigenvalue weighted by Crippen LogP contribution is 2.26. The van der Waals surface area contributed by atoms with Gasteiger partial charge in [0.05, 0.1) is 18.7 Å². The molecule has 14 heavy (non-hydrogen) atoms. The van der Waals surface area contributed by atoms with Crippen molar-refractivity contribution in [3.8, 4) is 5.75 Å². The molecule has 0 spiro atoms. The van der Waals surface area contributed by atoms with Gasteiger partial charge in [-0.05, 0) is 24.5 Å². The third-order valence-electron chi connectivity index (χ3n) is 1.95. The van der Waals surface area contributed by atoms with Gasteiger partial charge in [0, 0.05) is 6.20 Å². The number of aliphatic carboxylic acids is 1. The first kappa shape index (κ1) is 8.99. The summed E-state index contributed by atoms with van der Waals surface area (Å²) in [7, 11) is 0. The van der Waals surface area contributed by atoms with Gasteiger partial charge in [0.2, 0.25) is 0 Å². The van der Waals surface area contributed by atoms with Gasteiger partial charge >= 0.3 is 5.97 Å². The Bertz CT molecular complexity index is 347. The van der Waals surface area contributed by atoms with E-state index in [0.717, 1.165) is 12.8 Å². The molecule has 1 fully saturated rings. The van der Waals surface area contributed by atoms with E-state index in [1.807, 2.05) is 0 Å². The summed E-state index contributed by atoms with van der Waals surface area (Å²) < 4.78 is 5.49. The minimum atomic E-state index is -0.852. The van der Waals surface area contributed by atoms with Gasteiger partial charge in [0.25, 0.3) is 0 Å². The minimum absolute atomic E-state index is 0.00509. The molecule has 0 aliphatic heterocycles. The van der Waals surface area contributed by atoms with Crippen molar-refractivity contribution in [2.45, 2.75) is 25.4 Å². The molecule has 0 amide bonds. The first-order chi connectivity index (χ1) is 6.74. The van der Waals surface area contributed by atoms with Crippen molar-refractivity contribution in [1.29, 1.82) is 0 Å². The molecule has 0 aromatic carbocycles. The zero-order valence-electron chi connectivity index (χ0n) is 7.64. The van der Waals surface area contributed by atoms with Gasteiger partial charge in [-0.3, -0.25) is 9.78 Å². The van der Waals surface area contributed by atoms with E-state index in [-0.39, 0.29) is 6.42 Å². The second-order valence-corrected chi connectivity index (χ2v) is 3.42. The van der Waals surface area contributed by atoms with E-state index in [4.69, 9.17) is 9.84 Å². The lowest BCUT2D eigenvalue weighted by Crippen LogP contribution is -2.02. The largest absolute Gasteiger partial charge is 0.489 e. The molecule has 1 aliphatic rings. The Balaban J connectivity index is 2.05. The highest BCUT2D eigenvalue weighted by atomic mass is 16.5. The average Bonchev–Trinajstić information content (AvgIpc) is 2.87. The van der Waals surface area contributed by atoms with E-state index < -0.39 is 5.97 Å². The molecule has 1 aromatic rings. The maximum Gasteiger partial charge on any atom is 0.307 e. The van der Waals surface area contributed by atoms with Crippen LogP contribution in [0.2, 0.25) is 0 Å². The molecule has 1 aliphatic carbocycles. The lowest BCUT2D eigenvalue weighted by atomic mass is 10.2. The van der Waals surface area contributed by atoms with Crippen LogP contribution >= 0.6 is 0 Å². The van der Waals surface area contributed by atoms with E-state index in [2.05, 4.69) is 4.98 Å². The second kappa shape index (κ2) is 3.65. The van der Waals surface area contributed by atoms with Gasteiger partial charge in [-0.1, -0.05) is 0 Å². The predicted molar refractivity (Wildman–Crippen MR) is 49.2 cm³/mol. The van der Waals surface area contributed by atoms with E-state index in [9.17, 15) is 4.79 Å².